The van der Waals surface area contributed by atoms with E-state index in [9.17, 15) is 0 Å². The summed E-state index contributed by atoms with van der Waals surface area (Å²) in [7, 11) is 0. The molecule has 0 atom stereocenters. The van der Waals surface area contributed by atoms with Crippen LogP contribution in [0.3, 0.4) is 0 Å². The van der Waals surface area contributed by atoms with Gasteiger partial charge in [-0.05, 0) is 24.6 Å². The molecule has 0 N–H and O–H groups in total. The summed E-state index contributed by atoms with van der Waals surface area (Å²) in [6.07, 6.45) is 8.84. The Morgan fingerprint density at radius 1 is 1.04 bits per heavy atom. The van der Waals surface area contributed by atoms with Crippen molar-refractivity contribution in [2.24, 2.45) is 0 Å². The quantitative estimate of drug-likeness (QED) is 0.744. The molecule has 0 saturated carbocycles. The van der Waals surface area contributed by atoms with E-state index in [-0.39, 0.29) is 0 Å². The second kappa shape index (κ2) is 6.30. The van der Waals surface area contributed by atoms with Crippen molar-refractivity contribution in [3.63, 3.8) is 0 Å². The molecule has 0 aromatic carbocycles. The first-order chi connectivity index (χ1) is 11.4. The Hall–Kier alpha value is -2.53. The van der Waals surface area contributed by atoms with Crippen LogP contribution in [0, 0.1) is 0 Å². The normalized spacial score (nSPS) is 15.1. The monoisotopic (exact) mass is 306 g/mol. The summed E-state index contributed by atoms with van der Waals surface area (Å²) in [4.78, 5) is 15.9. The Labute approximate surface area is 135 Å². The molecule has 1 aliphatic heterocycles. The molecule has 1 aliphatic rings. The van der Waals surface area contributed by atoms with Crippen molar-refractivity contribution in [3.8, 4) is 11.3 Å². The highest BCUT2D eigenvalue weighted by atomic mass is 16.3. The molecular formula is C18H18N4O. The maximum Gasteiger partial charge on any atom is 0.116 e. The number of nitrogens with zero attached hydrogens (tertiary/aromatic N) is 4. The van der Waals surface area contributed by atoms with Gasteiger partial charge >= 0.3 is 0 Å². The van der Waals surface area contributed by atoms with Gasteiger partial charge in [0.2, 0.25) is 0 Å². The van der Waals surface area contributed by atoms with Crippen LogP contribution in [0.4, 0.5) is 0 Å². The van der Waals surface area contributed by atoms with Crippen molar-refractivity contribution in [1.29, 1.82) is 0 Å². The van der Waals surface area contributed by atoms with E-state index in [4.69, 9.17) is 4.42 Å². The summed E-state index contributed by atoms with van der Waals surface area (Å²) in [5, 5.41) is 0. The number of hydrogen-bond acceptors (Lipinski definition) is 5. The van der Waals surface area contributed by atoms with Crippen molar-refractivity contribution < 1.29 is 4.42 Å². The lowest BCUT2D eigenvalue weighted by atomic mass is 10.0. The Bertz CT molecular complexity index is 771. The van der Waals surface area contributed by atoms with Gasteiger partial charge in [-0.15, -0.1) is 0 Å². The third-order valence-corrected chi connectivity index (χ3v) is 4.28. The van der Waals surface area contributed by atoms with E-state index in [0.717, 1.165) is 55.1 Å². The molecule has 5 heteroatoms. The predicted octanol–water partition coefficient (Wildman–Crippen LogP) is 2.73. The maximum atomic E-state index is 5.21. The highest BCUT2D eigenvalue weighted by molar-refractivity contribution is 5.62. The first-order valence-electron chi connectivity index (χ1n) is 7.88. The maximum absolute atomic E-state index is 5.21. The average molecular weight is 306 g/mol. The zero-order valence-corrected chi connectivity index (χ0v) is 12.9. The largest absolute Gasteiger partial charge is 0.472 e. The molecular weight excluding hydrogens is 288 g/mol. The van der Waals surface area contributed by atoms with Gasteiger partial charge in [-0.2, -0.15) is 0 Å². The second-order valence-electron chi connectivity index (χ2n) is 5.76. The highest BCUT2D eigenvalue weighted by Gasteiger charge is 2.19. The summed E-state index contributed by atoms with van der Waals surface area (Å²) in [6, 6.07) is 8.03. The fourth-order valence-electron chi connectivity index (χ4n) is 3.10. The van der Waals surface area contributed by atoms with Gasteiger partial charge in [0.25, 0.3) is 0 Å². The molecule has 3 aromatic heterocycles. The lowest BCUT2D eigenvalue weighted by molar-refractivity contribution is 0.275. The number of rotatable bonds is 3. The van der Waals surface area contributed by atoms with Gasteiger partial charge in [0, 0.05) is 49.1 Å². The van der Waals surface area contributed by atoms with E-state index in [1.54, 1.807) is 18.9 Å². The number of fused-ring (bicyclic) bond motifs is 1. The summed E-state index contributed by atoms with van der Waals surface area (Å²) < 4.78 is 5.21. The average Bonchev–Trinajstić information content (AvgIpc) is 3.05. The number of hydrogen-bond donors (Lipinski definition) is 0. The van der Waals surface area contributed by atoms with E-state index < -0.39 is 0 Å². The summed E-state index contributed by atoms with van der Waals surface area (Å²) in [6.45, 7) is 2.86. The first kappa shape index (κ1) is 14.1. The fraction of sp³-hybridized carbons (Fsp3) is 0.278. The smallest absolute Gasteiger partial charge is 0.116 e. The van der Waals surface area contributed by atoms with Crippen molar-refractivity contribution in [3.05, 3.63) is 66.3 Å². The van der Waals surface area contributed by atoms with E-state index >= 15 is 0 Å². The van der Waals surface area contributed by atoms with Crippen LogP contribution in [-0.4, -0.2) is 32.9 Å². The van der Waals surface area contributed by atoms with Crippen molar-refractivity contribution in [2.45, 2.75) is 19.4 Å². The van der Waals surface area contributed by atoms with E-state index in [1.165, 1.54) is 5.56 Å². The van der Waals surface area contributed by atoms with Gasteiger partial charge in [0.05, 0.1) is 23.9 Å². The van der Waals surface area contributed by atoms with Crippen LogP contribution in [-0.2, 0) is 19.4 Å². The molecule has 116 valence electrons. The predicted molar refractivity (Wildman–Crippen MR) is 86.7 cm³/mol. The number of pyridine rings is 1. The second-order valence-corrected chi connectivity index (χ2v) is 5.76. The van der Waals surface area contributed by atoms with E-state index in [1.807, 2.05) is 24.4 Å². The molecule has 4 heterocycles. The summed E-state index contributed by atoms with van der Waals surface area (Å²) in [5.41, 5.74) is 5.54. The molecule has 0 bridgehead atoms. The van der Waals surface area contributed by atoms with Crippen LogP contribution in [0.1, 0.15) is 17.0 Å². The zero-order valence-electron chi connectivity index (χ0n) is 12.9. The van der Waals surface area contributed by atoms with Gasteiger partial charge < -0.3 is 4.42 Å². The van der Waals surface area contributed by atoms with Gasteiger partial charge in [-0.3, -0.25) is 9.88 Å². The fourth-order valence-corrected chi connectivity index (χ4v) is 3.10. The van der Waals surface area contributed by atoms with Crippen LogP contribution < -0.4 is 0 Å². The van der Waals surface area contributed by atoms with Gasteiger partial charge in [0.1, 0.15) is 6.33 Å². The van der Waals surface area contributed by atoms with Gasteiger partial charge in [-0.1, -0.05) is 6.07 Å². The third kappa shape index (κ3) is 3.00. The Morgan fingerprint density at radius 2 is 2.00 bits per heavy atom. The Balaban J connectivity index is 1.56. The van der Waals surface area contributed by atoms with Crippen molar-refractivity contribution >= 4 is 0 Å². The van der Waals surface area contributed by atoms with Crippen LogP contribution in [0.5, 0.6) is 0 Å². The van der Waals surface area contributed by atoms with Gasteiger partial charge in [0.15, 0.2) is 0 Å². The number of furan rings is 1. The van der Waals surface area contributed by atoms with E-state index in [2.05, 4.69) is 25.9 Å². The molecule has 4 rings (SSSR count). The first-order valence-corrected chi connectivity index (χ1v) is 7.88. The van der Waals surface area contributed by atoms with E-state index in [0.29, 0.717) is 0 Å². The molecule has 3 aromatic rings. The van der Waals surface area contributed by atoms with Crippen LogP contribution in [0.25, 0.3) is 11.3 Å². The molecule has 0 spiro atoms. The highest BCUT2D eigenvalue weighted by Crippen LogP contribution is 2.26. The van der Waals surface area contributed by atoms with Crippen LogP contribution in [0.2, 0.25) is 0 Å². The zero-order chi connectivity index (χ0) is 15.5. The Kier molecular flexibility index (Phi) is 3.86. The minimum absolute atomic E-state index is 0.878. The molecule has 0 radical (unpaired) electrons. The summed E-state index contributed by atoms with van der Waals surface area (Å²) >= 11 is 0. The molecule has 0 fully saturated rings. The SMILES string of the molecule is c1ccc(CN2CCc3ncnc(-c4ccoc4)c3CC2)nc1. The molecule has 23 heavy (non-hydrogen) atoms. The van der Waals surface area contributed by atoms with Crippen molar-refractivity contribution in [2.75, 3.05) is 13.1 Å². The summed E-state index contributed by atoms with van der Waals surface area (Å²) in [5.74, 6) is 0. The molecule has 0 saturated heterocycles. The lowest BCUT2D eigenvalue weighted by Crippen LogP contribution is -2.26. The number of aromatic nitrogens is 3. The van der Waals surface area contributed by atoms with Gasteiger partial charge in [-0.25, -0.2) is 9.97 Å². The molecule has 5 nitrogen and oxygen atoms in total. The standard InChI is InChI=1S/C18H18N4O/c1-2-7-19-15(3-1)11-22-8-4-16-17(5-9-22)20-13-21-18(16)14-6-10-23-12-14/h1-3,6-7,10,12-13H,4-5,8-9,11H2. The molecule has 0 aliphatic carbocycles. The van der Waals surface area contributed by atoms with Crippen molar-refractivity contribution in [1.82, 2.24) is 19.9 Å². The third-order valence-electron chi connectivity index (χ3n) is 4.28. The minimum Gasteiger partial charge on any atom is -0.472 e. The lowest BCUT2D eigenvalue weighted by Gasteiger charge is -2.18. The minimum atomic E-state index is 0.878. The molecule has 0 amide bonds. The Morgan fingerprint density at radius 3 is 2.83 bits per heavy atom. The molecule has 0 unspecified atom stereocenters. The van der Waals surface area contributed by atoms with Crippen LogP contribution >= 0.6 is 0 Å². The topological polar surface area (TPSA) is 55.1 Å². The van der Waals surface area contributed by atoms with Crippen LogP contribution in [0.15, 0.2) is 53.7 Å².